The Morgan fingerprint density at radius 1 is 1.19 bits per heavy atom. The lowest BCUT2D eigenvalue weighted by Crippen LogP contribution is -1.94. The van der Waals surface area contributed by atoms with Crippen molar-refractivity contribution in [2.75, 3.05) is 7.11 Å². The summed E-state index contributed by atoms with van der Waals surface area (Å²) in [4.78, 5) is 0. The van der Waals surface area contributed by atoms with E-state index in [0.717, 1.165) is 16.8 Å². The zero-order valence-electron chi connectivity index (χ0n) is 9.07. The quantitative estimate of drug-likeness (QED) is 0.801. The summed E-state index contributed by atoms with van der Waals surface area (Å²) in [6.45, 7) is 2.02. The number of halogens is 1. The van der Waals surface area contributed by atoms with Gasteiger partial charge in [-0.05, 0) is 18.6 Å². The SMILES string of the molecule is COc1nnc(-c2ccccc2C)cc1Cl. The van der Waals surface area contributed by atoms with Crippen molar-refractivity contribution >= 4 is 11.6 Å². The number of rotatable bonds is 2. The summed E-state index contributed by atoms with van der Waals surface area (Å²) in [5, 5.41) is 8.46. The standard InChI is InChI=1S/C12H11ClN2O/c1-8-5-3-4-6-9(8)11-7-10(13)12(16-2)15-14-11/h3-7H,1-2H3. The lowest BCUT2D eigenvalue weighted by Gasteiger charge is -2.06. The third kappa shape index (κ3) is 1.99. The van der Waals surface area contributed by atoms with Gasteiger partial charge in [-0.2, -0.15) is 0 Å². The second-order valence-electron chi connectivity index (χ2n) is 3.40. The fraction of sp³-hybridized carbons (Fsp3) is 0.167. The minimum atomic E-state index is 0.346. The zero-order chi connectivity index (χ0) is 11.5. The van der Waals surface area contributed by atoms with E-state index in [9.17, 15) is 0 Å². The molecule has 0 fully saturated rings. The van der Waals surface area contributed by atoms with Crippen LogP contribution in [0.15, 0.2) is 30.3 Å². The Bertz CT molecular complexity index is 514. The average Bonchev–Trinajstić information content (AvgIpc) is 2.29. The Morgan fingerprint density at radius 3 is 2.56 bits per heavy atom. The molecule has 82 valence electrons. The highest BCUT2D eigenvalue weighted by Crippen LogP contribution is 2.27. The summed E-state index contributed by atoms with van der Waals surface area (Å²) < 4.78 is 4.96. The molecule has 16 heavy (non-hydrogen) atoms. The van der Waals surface area contributed by atoms with Crippen LogP contribution in [0, 0.1) is 6.92 Å². The Kier molecular flexibility index (Phi) is 3.06. The zero-order valence-corrected chi connectivity index (χ0v) is 9.82. The van der Waals surface area contributed by atoms with Gasteiger partial charge in [-0.1, -0.05) is 35.9 Å². The van der Waals surface area contributed by atoms with Crippen molar-refractivity contribution in [3.63, 3.8) is 0 Å². The lowest BCUT2D eigenvalue weighted by molar-refractivity contribution is 0.392. The van der Waals surface area contributed by atoms with Gasteiger partial charge in [0, 0.05) is 5.56 Å². The topological polar surface area (TPSA) is 35.0 Å². The van der Waals surface area contributed by atoms with Crippen molar-refractivity contribution < 1.29 is 4.74 Å². The normalized spacial score (nSPS) is 10.2. The molecule has 0 saturated carbocycles. The molecule has 0 radical (unpaired) electrons. The van der Waals surface area contributed by atoms with Gasteiger partial charge in [0.2, 0.25) is 0 Å². The van der Waals surface area contributed by atoms with E-state index >= 15 is 0 Å². The second kappa shape index (κ2) is 4.49. The van der Waals surface area contributed by atoms with Gasteiger partial charge in [-0.15, -0.1) is 10.2 Å². The fourth-order valence-electron chi connectivity index (χ4n) is 1.49. The molecule has 0 N–H and O–H groups in total. The lowest BCUT2D eigenvalue weighted by atomic mass is 10.1. The van der Waals surface area contributed by atoms with E-state index < -0.39 is 0 Å². The fourth-order valence-corrected chi connectivity index (χ4v) is 1.71. The number of aryl methyl sites for hydroxylation is 1. The molecule has 0 amide bonds. The van der Waals surface area contributed by atoms with E-state index in [1.54, 1.807) is 6.07 Å². The van der Waals surface area contributed by atoms with Crippen molar-refractivity contribution in [3.05, 3.63) is 40.9 Å². The largest absolute Gasteiger partial charge is 0.479 e. The number of ether oxygens (including phenoxy) is 1. The highest BCUT2D eigenvalue weighted by atomic mass is 35.5. The van der Waals surface area contributed by atoms with Crippen LogP contribution in [0.25, 0.3) is 11.3 Å². The summed E-state index contributed by atoms with van der Waals surface area (Å²) in [7, 11) is 1.52. The molecule has 1 aromatic heterocycles. The van der Waals surface area contributed by atoms with E-state index in [-0.39, 0.29) is 0 Å². The number of hydrogen-bond donors (Lipinski definition) is 0. The van der Waals surface area contributed by atoms with Gasteiger partial charge in [0.1, 0.15) is 5.02 Å². The van der Waals surface area contributed by atoms with Crippen LogP contribution < -0.4 is 4.74 Å². The Balaban J connectivity index is 2.50. The average molecular weight is 235 g/mol. The minimum absolute atomic E-state index is 0.346. The van der Waals surface area contributed by atoms with Gasteiger partial charge >= 0.3 is 0 Å². The Labute approximate surface area is 99.0 Å². The molecule has 0 aliphatic carbocycles. The van der Waals surface area contributed by atoms with Crippen molar-refractivity contribution in [3.8, 4) is 17.1 Å². The maximum atomic E-state index is 6.00. The van der Waals surface area contributed by atoms with Gasteiger partial charge in [-0.25, -0.2) is 0 Å². The van der Waals surface area contributed by atoms with Crippen LogP contribution in [0.4, 0.5) is 0 Å². The number of benzene rings is 1. The van der Waals surface area contributed by atoms with Crippen LogP contribution in [-0.2, 0) is 0 Å². The third-order valence-corrected chi connectivity index (χ3v) is 2.60. The van der Waals surface area contributed by atoms with E-state index in [1.807, 2.05) is 31.2 Å². The van der Waals surface area contributed by atoms with Gasteiger partial charge in [0.15, 0.2) is 0 Å². The van der Waals surface area contributed by atoms with Crippen molar-refractivity contribution in [1.29, 1.82) is 0 Å². The van der Waals surface area contributed by atoms with Crippen molar-refractivity contribution in [2.45, 2.75) is 6.92 Å². The molecule has 0 spiro atoms. The van der Waals surface area contributed by atoms with Crippen LogP contribution in [0.3, 0.4) is 0 Å². The van der Waals surface area contributed by atoms with Crippen LogP contribution in [-0.4, -0.2) is 17.3 Å². The molecule has 0 atom stereocenters. The molecule has 2 rings (SSSR count). The molecule has 2 aromatic rings. The molecular weight excluding hydrogens is 224 g/mol. The molecule has 3 nitrogen and oxygen atoms in total. The van der Waals surface area contributed by atoms with Crippen LogP contribution in [0.5, 0.6) is 5.88 Å². The van der Waals surface area contributed by atoms with Gasteiger partial charge in [-0.3, -0.25) is 0 Å². The Morgan fingerprint density at radius 2 is 1.94 bits per heavy atom. The molecule has 0 bridgehead atoms. The maximum absolute atomic E-state index is 6.00. The van der Waals surface area contributed by atoms with E-state index in [1.165, 1.54) is 7.11 Å². The molecule has 4 heteroatoms. The van der Waals surface area contributed by atoms with Crippen molar-refractivity contribution in [1.82, 2.24) is 10.2 Å². The minimum Gasteiger partial charge on any atom is -0.479 e. The van der Waals surface area contributed by atoms with Gasteiger partial charge in [0.05, 0.1) is 12.8 Å². The molecule has 1 heterocycles. The highest BCUT2D eigenvalue weighted by molar-refractivity contribution is 6.32. The number of nitrogens with zero attached hydrogens (tertiary/aromatic N) is 2. The first-order valence-electron chi connectivity index (χ1n) is 4.85. The van der Waals surface area contributed by atoms with E-state index in [4.69, 9.17) is 16.3 Å². The number of methoxy groups -OCH3 is 1. The number of aromatic nitrogens is 2. The van der Waals surface area contributed by atoms with Crippen LogP contribution >= 0.6 is 11.6 Å². The highest BCUT2D eigenvalue weighted by Gasteiger charge is 2.08. The summed E-state index contributed by atoms with van der Waals surface area (Å²) in [5.74, 6) is 0.346. The predicted octanol–water partition coefficient (Wildman–Crippen LogP) is 3.11. The molecule has 0 aliphatic heterocycles. The van der Waals surface area contributed by atoms with E-state index in [0.29, 0.717) is 10.9 Å². The molecule has 0 unspecified atom stereocenters. The summed E-state index contributed by atoms with van der Waals surface area (Å²) in [6, 6.07) is 9.71. The third-order valence-electron chi connectivity index (χ3n) is 2.33. The summed E-state index contributed by atoms with van der Waals surface area (Å²) >= 11 is 6.00. The Hall–Kier alpha value is -1.61. The molecule has 0 saturated heterocycles. The van der Waals surface area contributed by atoms with E-state index in [2.05, 4.69) is 10.2 Å². The van der Waals surface area contributed by atoms with Gasteiger partial charge in [0.25, 0.3) is 5.88 Å². The molecule has 1 aromatic carbocycles. The first kappa shape index (κ1) is 10.9. The first-order valence-corrected chi connectivity index (χ1v) is 5.23. The first-order chi connectivity index (χ1) is 7.72. The number of hydrogen-bond acceptors (Lipinski definition) is 3. The predicted molar refractivity (Wildman–Crippen MR) is 63.8 cm³/mol. The maximum Gasteiger partial charge on any atom is 0.252 e. The second-order valence-corrected chi connectivity index (χ2v) is 3.81. The monoisotopic (exact) mass is 234 g/mol. The van der Waals surface area contributed by atoms with Crippen LogP contribution in [0.2, 0.25) is 5.02 Å². The van der Waals surface area contributed by atoms with Crippen LogP contribution in [0.1, 0.15) is 5.56 Å². The molecular formula is C12H11ClN2O. The summed E-state index contributed by atoms with van der Waals surface area (Å²) in [5.41, 5.74) is 2.92. The molecule has 0 aliphatic rings. The smallest absolute Gasteiger partial charge is 0.252 e. The van der Waals surface area contributed by atoms with Gasteiger partial charge < -0.3 is 4.74 Å². The summed E-state index contributed by atoms with van der Waals surface area (Å²) in [6.07, 6.45) is 0. The van der Waals surface area contributed by atoms with Crippen molar-refractivity contribution in [2.24, 2.45) is 0 Å².